The predicted octanol–water partition coefficient (Wildman–Crippen LogP) is 1.87. The van der Waals surface area contributed by atoms with E-state index in [2.05, 4.69) is 10.3 Å². The number of hydrogen-bond acceptors (Lipinski definition) is 4. The summed E-state index contributed by atoms with van der Waals surface area (Å²) in [6.45, 7) is 2.34. The number of aromatic nitrogens is 1. The molecule has 104 valence electrons. The smallest absolute Gasteiger partial charge is 0.141 e. The SMILES string of the molecule is Cc1ncc(CO)c(CNC2CC3CCC2C3)c1O. The van der Waals surface area contributed by atoms with Crippen LogP contribution in [0.2, 0.25) is 0 Å². The lowest BCUT2D eigenvalue weighted by Gasteiger charge is -2.24. The highest BCUT2D eigenvalue weighted by molar-refractivity contribution is 5.40. The summed E-state index contributed by atoms with van der Waals surface area (Å²) in [4.78, 5) is 4.09. The van der Waals surface area contributed by atoms with E-state index in [1.165, 1.54) is 25.7 Å². The number of aromatic hydroxyl groups is 1. The Labute approximate surface area is 113 Å². The molecule has 0 radical (unpaired) electrons. The molecule has 3 atom stereocenters. The molecule has 1 aromatic rings. The summed E-state index contributed by atoms with van der Waals surface area (Å²) in [7, 11) is 0. The number of pyridine rings is 1. The number of rotatable bonds is 4. The van der Waals surface area contributed by atoms with Gasteiger partial charge in [-0.3, -0.25) is 4.98 Å². The van der Waals surface area contributed by atoms with Crippen molar-refractivity contribution in [1.29, 1.82) is 0 Å². The van der Waals surface area contributed by atoms with Gasteiger partial charge >= 0.3 is 0 Å². The van der Waals surface area contributed by atoms with Crippen molar-refractivity contribution in [2.24, 2.45) is 11.8 Å². The third kappa shape index (κ3) is 2.35. The average molecular weight is 262 g/mol. The van der Waals surface area contributed by atoms with Crippen molar-refractivity contribution in [1.82, 2.24) is 10.3 Å². The van der Waals surface area contributed by atoms with Crippen molar-refractivity contribution < 1.29 is 10.2 Å². The Balaban J connectivity index is 1.71. The summed E-state index contributed by atoms with van der Waals surface area (Å²) < 4.78 is 0. The van der Waals surface area contributed by atoms with Crippen molar-refractivity contribution in [3.8, 4) is 5.75 Å². The standard InChI is InChI=1S/C15H22N2O2/c1-9-15(19)13(12(8-18)6-16-9)7-17-14-5-10-2-3-11(14)4-10/h6,10-11,14,17-19H,2-5,7-8H2,1H3. The number of aliphatic hydroxyl groups excluding tert-OH is 1. The Kier molecular flexibility index (Phi) is 3.46. The van der Waals surface area contributed by atoms with Crippen LogP contribution in [-0.2, 0) is 13.2 Å². The molecule has 1 heterocycles. The molecule has 0 spiro atoms. The van der Waals surface area contributed by atoms with Gasteiger partial charge in [0.1, 0.15) is 5.75 Å². The van der Waals surface area contributed by atoms with Crippen molar-refractivity contribution in [2.45, 2.75) is 51.8 Å². The number of fused-ring (bicyclic) bond motifs is 2. The fourth-order valence-corrected chi connectivity index (χ4v) is 3.75. The molecule has 0 aliphatic heterocycles. The van der Waals surface area contributed by atoms with Crippen LogP contribution in [0.5, 0.6) is 5.75 Å². The van der Waals surface area contributed by atoms with E-state index in [0.29, 0.717) is 18.3 Å². The Hall–Kier alpha value is -1.13. The van der Waals surface area contributed by atoms with Crippen LogP contribution < -0.4 is 5.32 Å². The van der Waals surface area contributed by atoms with Crippen LogP contribution in [0.1, 0.15) is 42.5 Å². The lowest BCUT2D eigenvalue weighted by Crippen LogP contribution is -2.33. The van der Waals surface area contributed by atoms with Crippen LogP contribution >= 0.6 is 0 Å². The molecule has 0 aromatic carbocycles. The molecule has 1 aromatic heterocycles. The van der Waals surface area contributed by atoms with Crippen molar-refractivity contribution in [3.63, 3.8) is 0 Å². The van der Waals surface area contributed by atoms with Crippen LogP contribution in [0, 0.1) is 18.8 Å². The zero-order chi connectivity index (χ0) is 13.4. The summed E-state index contributed by atoms with van der Waals surface area (Å²) in [5, 5.41) is 23.0. The highest BCUT2D eigenvalue weighted by atomic mass is 16.3. The molecule has 19 heavy (non-hydrogen) atoms. The normalized spacial score (nSPS) is 29.1. The zero-order valence-electron chi connectivity index (χ0n) is 11.4. The van der Waals surface area contributed by atoms with Gasteiger partial charge < -0.3 is 15.5 Å². The number of aliphatic hydroxyl groups is 1. The molecule has 4 heteroatoms. The molecule has 4 nitrogen and oxygen atoms in total. The minimum absolute atomic E-state index is 0.0748. The third-order valence-corrected chi connectivity index (χ3v) is 4.88. The minimum Gasteiger partial charge on any atom is -0.506 e. The maximum atomic E-state index is 10.1. The summed E-state index contributed by atoms with van der Waals surface area (Å²) in [6.07, 6.45) is 7.03. The van der Waals surface area contributed by atoms with E-state index >= 15 is 0 Å². The quantitative estimate of drug-likeness (QED) is 0.775. The van der Waals surface area contributed by atoms with Crippen LogP contribution in [-0.4, -0.2) is 21.2 Å². The Bertz CT molecular complexity index is 475. The van der Waals surface area contributed by atoms with Crippen molar-refractivity contribution in [2.75, 3.05) is 0 Å². The maximum absolute atomic E-state index is 10.1. The van der Waals surface area contributed by atoms with Gasteiger partial charge in [0.15, 0.2) is 0 Å². The van der Waals surface area contributed by atoms with Gasteiger partial charge in [0, 0.05) is 29.9 Å². The van der Waals surface area contributed by atoms with E-state index in [1.807, 2.05) is 0 Å². The number of hydrogen-bond donors (Lipinski definition) is 3. The lowest BCUT2D eigenvalue weighted by molar-refractivity contribution is 0.277. The molecule has 3 rings (SSSR count). The van der Waals surface area contributed by atoms with Gasteiger partial charge in [-0.05, 0) is 38.0 Å². The van der Waals surface area contributed by atoms with Gasteiger partial charge in [-0.1, -0.05) is 6.42 Å². The molecule has 2 aliphatic carbocycles. The van der Waals surface area contributed by atoms with Gasteiger partial charge in [-0.25, -0.2) is 0 Å². The van der Waals surface area contributed by atoms with Crippen molar-refractivity contribution >= 4 is 0 Å². The fourth-order valence-electron chi connectivity index (χ4n) is 3.75. The first-order valence-electron chi connectivity index (χ1n) is 7.19. The van der Waals surface area contributed by atoms with E-state index < -0.39 is 0 Å². The first-order chi connectivity index (χ1) is 9.19. The Morgan fingerprint density at radius 1 is 1.37 bits per heavy atom. The van der Waals surface area contributed by atoms with Crippen LogP contribution in [0.3, 0.4) is 0 Å². The summed E-state index contributed by atoms with van der Waals surface area (Å²) in [5.41, 5.74) is 2.15. The van der Waals surface area contributed by atoms with Gasteiger partial charge in [0.2, 0.25) is 0 Å². The third-order valence-electron chi connectivity index (χ3n) is 4.88. The molecular formula is C15H22N2O2. The summed E-state index contributed by atoms with van der Waals surface area (Å²) in [5.74, 6) is 1.95. The van der Waals surface area contributed by atoms with Gasteiger partial charge in [0.25, 0.3) is 0 Å². The second kappa shape index (κ2) is 5.10. The molecule has 2 fully saturated rings. The molecule has 2 aliphatic rings. The molecule has 0 saturated heterocycles. The summed E-state index contributed by atoms with van der Waals surface area (Å²) >= 11 is 0. The predicted molar refractivity (Wildman–Crippen MR) is 72.6 cm³/mol. The first kappa shape index (κ1) is 12.9. The highest BCUT2D eigenvalue weighted by Gasteiger charge is 2.39. The van der Waals surface area contributed by atoms with Crippen LogP contribution in [0.4, 0.5) is 0 Å². The molecule has 2 bridgehead atoms. The first-order valence-corrected chi connectivity index (χ1v) is 7.19. The number of nitrogens with zero attached hydrogens (tertiary/aromatic N) is 1. The molecule has 3 unspecified atom stereocenters. The number of nitrogens with one attached hydrogen (secondary N) is 1. The van der Waals surface area contributed by atoms with E-state index in [1.54, 1.807) is 13.1 Å². The summed E-state index contributed by atoms with van der Waals surface area (Å²) in [6, 6.07) is 0.582. The van der Waals surface area contributed by atoms with Gasteiger partial charge in [0.05, 0.1) is 12.3 Å². The molecule has 3 N–H and O–H groups in total. The maximum Gasteiger partial charge on any atom is 0.141 e. The van der Waals surface area contributed by atoms with E-state index in [9.17, 15) is 10.2 Å². The lowest BCUT2D eigenvalue weighted by atomic mass is 9.95. The number of aryl methyl sites for hydroxylation is 1. The van der Waals surface area contributed by atoms with Crippen molar-refractivity contribution in [3.05, 3.63) is 23.0 Å². The Morgan fingerprint density at radius 2 is 2.21 bits per heavy atom. The second-order valence-electron chi connectivity index (χ2n) is 6.02. The van der Waals surface area contributed by atoms with Crippen LogP contribution in [0.15, 0.2) is 6.20 Å². The topological polar surface area (TPSA) is 65.4 Å². The molecule has 2 saturated carbocycles. The average Bonchev–Trinajstić information content (AvgIpc) is 3.02. The second-order valence-corrected chi connectivity index (χ2v) is 6.02. The highest BCUT2D eigenvalue weighted by Crippen LogP contribution is 2.44. The zero-order valence-corrected chi connectivity index (χ0v) is 11.4. The monoisotopic (exact) mass is 262 g/mol. The van der Waals surface area contributed by atoms with E-state index in [0.717, 1.165) is 23.0 Å². The van der Waals surface area contributed by atoms with Crippen LogP contribution in [0.25, 0.3) is 0 Å². The molecular weight excluding hydrogens is 240 g/mol. The molecule has 0 amide bonds. The van der Waals surface area contributed by atoms with E-state index in [4.69, 9.17) is 0 Å². The van der Waals surface area contributed by atoms with Gasteiger partial charge in [-0.2, -0.15) is 0 Å². The largest absolute Gasteiger partial charge is 0.506 e. The van der Waals surface area contributed by atoms with E-state index in [-0.39, 0.29) is 12.4 Å². The Morgan fingerprint density at radius 3 is 2.84 bits per heavy atom. The fraction of sp³-hybridized carbons (Fsp3) is 0.667. The van der Waals surface area contributed by atoms with Gasteiger partial charge in [-0.15, -0.1) is 0 Å². The minimum atomic E-state index is -0.0748.